The number of carbonyl (C=O) groups excluding carboxylic acids is 2. The minimum Gasteiger partial charge on any atom is -0.435 e. The van der Waals surface area contributed by atoms with Crippen LogP contribution in [-0.4, -0.2) is 57.4 Å². The van der Waals surface area contributed by atoms with Gasteiger partial charge in [-0.25, -0.2) is 19.6 Å². The Bertz CT molecular complexity index is 1080. The van der Waals surface area contributed by atoms with E-state index in [2.05, 4.69) is 15.0 Å². The normalized spacial score (nSPS) is 10.7. The van der Waals surface area contributed by atoms with Gasteiger partial charge in [0.05, 0.1) is 19.8 Å². The van der Waals surface area contributed by atoms with Crippen LogP contribution in [0.3, 0.4) is 0 Å². The van der Waals surface area contributed by atoms with Crippen LogP contribution in [0.2, 0.25) is 0 Å². The van der Waals surface area contributed by atoms with Gasteiger partial charge in [-0.05, 0) is 19.4 Å². The molecule has 0 atom stereocenters. The number of benzene rings is 1. The SMILES string of the molecule is CCOC(=O)OCCSc1nc(N)c2nc(OC(=O)OCC)n(Cc3ccccc3)c2n1. The average Bonchev–Trinajstić information content (AvgIpc) is 3.10. The zero-order chi connectivity index (χ0) is 22.9. The second-order valence-corrected chi connectivity index (χ2v) is 7.26. The summed E-state index contributed by atoms with van der Waals surface area (Å²) in [6.45, 7) is 4.22. The molecule has 2 heterocycles. The minimum atomic E-state index is -0.880. The number of thioether (sulfide) groups is 1. The Morgan fingerprint density at radius 3 is 2.44 bits per heavy atom. The van der Waals surface area contributed by atoms with E-state index in [1.807, 2.05) is 30.3 Å². The molecule has 0 aliphatic carbocycles. The van der Waals surface area contributed by atoms with Crippen LogP contribution in [0.25, 0.3) is 11.2 Å². The van der Waals surface area contributed by atoms with E-state index < -0.39 is 12.3 Å². The number of hydrogen-bond acceptors (Lipinski definition) is 11. The van der Waals surface area contributed by atoms with Crippen molar-refractivity contribution in [2.24, 2.45) is 0 Å². The van der Waals surface area contributed by atoms with Crippen molar-refractivity contribution in [1.29, 1.82) is 0 Å². The number of fused-ring (bicyclic) bond motifs is 1. The Morgan fingerprint density at radius 1 is 1.00 bits per heavy atom. The van der Waals surface area contributed by atoms with Gasteiger partial charge in [0.15, 0.2) is 22.1 Å². The maximum absolute atomic E-state index is 11.9. The number of nitrogens with two attached hydrogens (primary N) is 1. The molecule has 0 amide bonds. The van der Waals surface area contributed by atoms with Crippen LogP contribution < -0.4 is 10.5 Å². The van der Waals surface area contributed by atoms with Crippen molar-refractivity contribution in [3.05, 3.63) is 35.9 Å². The molecule has 0 aliphatic heterocycles. The van der Waals surface area contributed by atoms with E-state index in [4.69, 9.17) is 24.7 Å². The third kappa shape index (κ3) is 6.00. The fourth-order valence-corrected chi connectivity index (χ4v) is 3.33. The van der Waals surface area contributed by atoms with Crippen LogP contribution in [0.4, 0.5) is 15.4 Å². The van der Waals surface area contributed by atoms with Gasteiger partial charge in [-0.2, -0.15) is 4.98 Å². The second kappa shape index (κ2) is 11.2. The first-order valence-electron chi connectivity index (χ1n) is 9.86. The summed E-state index contributed by atoms with van der Waals surface area (Å²) >= 11 is 1.25. The highest BCUT2D eigenvalue weighted by molar-refractivity contribution is 7.99. The summed E-state index contributed by atoms with van der Waals surface area (Å²) in [7, 11) is 0. The highest BCUT2D eigenvalue weighted by atomic mass is 32.2. The van der Waals surface area contributed by atoms with E-state index in [-0.39, 0.29) is 31.6 Å². The molecule has 0 saturated carbocycles. The van der Waals surface area contributed by atoms with Gasteiger partial charge in [-0.1, -0.05) is 42.1 Å². The first kappa shape index (κ1) is 23.1. The lowest BCUT2D eigenvalue weighted by atomic mass is 10.2. The van der Waals surface area contributed by atoms with E-state index in [1.54, 1.807) is 18.4 Å². The van der Waals surface area contributed by atoms with Gasteiger partial charge in [0.25, 0.3) is 0 Å². The van der Waals surface area contributed by atoms with Crippen LogP contribution in [0.5, 0.6) is 6.01 Å². The highest BCUT2D eigenvalue weighted by Crippen LogP contribution is 2.27. The molecule has 32 heavy (non-hydrogen) atoms. The third-order valence-corrected chi connectivity index (χ3v) is 4.79. The molecule has 0 spiro atoms. The van der Waals surface area contributed by atoms with E-state index in [0.717, 1.165) is 5.56 Å². The number of carbonyl (C=O) groups is 2. The Kier molecular flexibility index (Phi) is 8.08. The van der Waals surface area contributed by atoms with E-state index in [1.165, 1.54) is 11.8 Å². The first-order valence-corrected chi connectivity index (χ1v) is 10.8. The van der Waals surface area contributed by atoms with Gasteiger partial charge in [-0.15, -0.1) is 0 Å². The number of nitrogen functional groups attached to an aromatic ring is 1. The maximum atomic E-state index is 11.9. The Labute approximate surface area is 188 Å². The third-order valence-electron chi connectivity index (χ3n) is 3.98. The number of nitrogens with zero attached hydrogens (tertiary/aromatic N) is 4. The van der Waals surface area contributed by atoms with Gasteiger partial charge < -0.3 is 24.7 Å². The van der Waals surface area contributed by atoms with Crippen LogP contribution in [0, 0.1) is 0 Å². The molecular weight excluding hydrogens is 438 g/mol. The van der Waals surface area contributed by atoms with Crippen molar-refractivity contribution in [3.8, 4) is 6.01 Å². The number of hydrogen-bond donors (Lipinski definition) is 1. The summed E-state index contributed by atoms with van der Waals surface area (Å²) in [4.78, 5) is 36.2. The molecule has 170 valence electrons. The summed E-state index contributed by atoms with van der Waals surface area (Å²) < 4.78 is 21.4. The van der Waals surface area contributed by atoms with Gasteiger partial charge in [0.2, 0.25) is 0 Å². The largest absolute Gasteiger partial charge is 0.516 e. The average molecular weight is 462 g/mol. The number of ether oxygens (including phenoxy) is 4. The smallest absolute Gasteiger partial charge is 0.435 e. The quantitative estimate of drug-likeness (QED) is 0.217. The molecule has 1 aromatic carbocycles. The van der Waals surface area contributed by atoms with Crippen molar-refractivity contribution in [2.45, 2.75) is 25.5 Å². The summed E-state index contributed by atoms with van der Waals surface area (Å²) in [5.74, 6) is 0.521. The lowest BCUT2D eigenvalue weighted by Gasteiger charge is -2.09. The number of rotatable bonds is 9. The van der Waals surface area contributed by atoms with Crippen molar-refractivity contribution in [2.75, 3.05) is 31.3 Å². The first-order chi connectivity index (χ1) is 15.5. The van der Waals surface area contributed by atoms with Gasteiger partial charge in [-0.3, -0.25) is 4.57 Å². The topological polar surface area (TPSA) is 141 Å². The molecule has 0 fully saturated rings. The van der Waals surface area contributed by atoms with Crippen LogP contribution in [-0.2, 0) is 20.8 Å². The van der Waals surface area contributed by atoms with Crippen LogP contribution in [0.1, 0.15) is 19.4 Å². The summed E-state index contributed by atoms with van der Waals surface area (Å²) in [5.41, 5.74) is 7.73. The fraction of sp³-hybridized carbons (Fsp3) is 0.350. The molecule has 0 saturated heterocycles. The zero-order valence-electron chi connectivity index (χ0n) is 17.6. The highest BCUT2D eigenvalue weighted by Gasteiger charge is 2.21. The summed E-state index contributed by atoms with van der Waals surface area (Å²) in [5, 5.41) is 0.361. The predicted octanol–water partition coefficient (Wildman–Crippen LogP) is 3.26. The molecule has 3 aromatic rings. The predicted molar refractivity (Wildman–Crippen MR) is 117 cm³/mol. The Hall–Kier alpha value is -3.54. The lowest BCUT2D eigenvalue weighted by molar-refractivity contribution is 0.0637. The molecule has 2 N–H and O–H groups in total. The van der Waals surface area contributed by atoms with Gasteiger partial charge >= 0.3 is 18.3 Å². The van der Waals surface area contributed by atoms with Crippen molar-refractivity contribution in [3.63, 3.8) is 0 Å². The Morgan fingerprint density at radius 2 is 1.72 bits per heavy atom. The van der Waals surface area contributed by atoms with Gasteiger partial charge in [0.1, 0.15) is 6.61 Å². The number of anilines is 1. The lowest BCUT2D eigenvalue weighted by Crippen LogP contribution is -2.14. The Balaban J connectivity index is 1.87. The van der Waals surface area contributed by atoms with Crippen molar-refractivity contribution < 1.29 is 28.5 Å². The van der Waals surface area contributed by atoms with Crippen LogP contribution in [0.15, 0.2) is 35.5 Å². The fourth-order valence-electron chi connectivity index (χ4n) is 2.67. The van der Waals surface area contributed by atoms with Gasteiger partial charge in [0, 0.05) is 5.75 Å². The van der Waals surface area contributed by atoms with Crippen molar-refractivity contribution in [1.82, 2.24) is 19.5 Å². The van der Waals surface area contributed by atoms with E-state index >= 15 is 0 Å². The zero-order valence-corrected chi connectivity index (χ0v) is 18.5. The molecule has 0 unspecified atom stereocenters. The standard InChI is InChI=1S/C20H23N5O6S/c1-3-28-19(26)30-10-11-32-17-23-15(21)14-16(24-17)25(12-13-8-6-5-7-9-13)18(22-14)31-20(27)29-4-2/h5-9H,3-4,10-12H2,1-2H3,(H2,21,23,24). The number of aromatic nitrogens is 4. The molecule has 11 nitrogen and oxygen atoms in total. The molecule has 0 radical (unpaired) electrons. The van der Waals surface area contributed by atoms with E-state index in [0.29, 0.717) is 28.6 Å². The minimum absolute atomic E-state index is 0.00361. The summed E-state index contributed by atoms with van der Waals surface area (Å²) in [6.07, 6.45) is -1.61. The van der Waals surface area contributed by atoms with Crippen molar-refractivity contribution >= 4 is 41.1 Å². The molecular formula is C20H23N5O6S. The monoisotopic (exact) mass is 461 g/mol. The molecule has 12 heteroatoms. The number of imidazole rings is 1. The van der Waals surface area contributed by atoms with Crippen LogP contribution >= 0.6 is 11.8 Å². The maximum Gasteiger partial charge on any atom is 0.516 e. The molecule has 2 aromatic heterocycles. The second-order valence-electron chi connectivity index (χ2n) is 6.19. The molecule has 0 aliphatic rings. The summed E-state index contributed by atoms with van der Waals surface area (Å²) in [6, 6.07) is 9.54. The van der Waals surface area contributed by atoms with E-state index in [9.17, 15) is 9.59 Å². The molecule has 3 rings (SSSR count). The molecule has 0 bridgehead atoms.